The van der Waals surface area contributed by atoms with Crippen molar-refractivity contribution in [2.45, 2.75) is 26.3 Å². The first-order chi connectivity index (χ1) is 7.91. The van der Waals surface area contributed by atoms with E-state index >= 15 is 0 Å². The van der Waals surface area contributed by atoms with Gasteiger partial charge in [0.1, 0.15) is 0 Å². The number of sulfonamides is 1. The fourth-order valence-electron chi connectivity index (χ4n) is 2.64. The van der Waals surface area contributed by atoms with Gasteiger partial charge in [-0.1, -0.05) is 38.1 Å². The highest BCUT2D eigenvalue weighted by molar-refractivity contribution is 7.88. The first-order valence-electron chi connectivity index (χ1n) is 5.96. The lowest BCUT2D eigenvalue weighted by atomic mass is 9.88. The molecule has 1 aromatic carbocycles. The summed E-state index contributed by atoms with van der Waals surface area (Å²) in [6.07, 6.45) is 2.11. The summed E-state index contributed by atoms with van der Waals surface area (Å²) in [6.45, 7) is 4.74. The zero-order valence-corrected chi connectivity index (χ0v) is 11.4. The van der Waals surface area contributed by atoms with Gasteiger partial charge in [-0.3, -0.25) is 0 Å². The number of rotatable bonds is 2. The summed E-state index contributed by atoms with van der Waals surface area (Å²) in [7, 11) is -3.13. The van der Waals surface area contributed by atoms with Crippen molar-refractivity contribution in [3.8, 4) is 0 Å². The largest absolute Gasteiger partial charge is 0.212 e. The maximum Gasteiger partial charge on any atom is 0.211 e. The molecule has 94 valence electrons. The summed E-state index contributed by atoms with van der Waals surface area (Å²) < 4.78 is 25.3. The molecule has 3 nitrogen and oxygen atoms in total. The van der Waals surface area contributed by atoms with Crippen molar-refractivity contribution in [2.24, 2.45) is 5.92 Å². The standard InChI is InChI=1S/C13H19NO2S/c1-10(2)13-12-7-5-4-6-11(12)8-9-14(13)17(3,15)16/h4-7,10,13H,8-9H2,1-3H3. The normalized spacial score (nSPS) is 21.5. The van der Waals surface area contributed by atoms with Crippen LogP contribution in [0.25, 0.3) is 0 Å². The first kappa shape index (κ1) is 12.6. The zero-order chi connectivity index (χ0) is 12.6. The molecule has 4 heteroatoms. The highest BCUT2D eigenvalue weighted by Gasteiger charge is 2.34. The molecule has 1 aromatic rings. The van der Waals surface area contributed by atoms with E-state index in [1.54, 1.807) is 4.31 Å². The lowest BCUT2D eigenvalue weighted by Gasteiger charge is -2.37. The summed E-state index contributed by atoms with van der Waals surface area (Å²) in [5.74, 6) is 0.283. The maximum atomic E-state index is 11.8. The van der Waals surface area contributed by atoms with Gasteiger partial charge in [0.2, 0.25) is 10.0 Å². The predicted octanol–water partition coefficient (Wildman–Crippen LogP) is 2.20. The van der Waals surface area contributed by atoms with Crippen LogP contribution in [0.2, 0.25) is 0 Å². The van der Waals surface area contributed by atoms with Crippen molar-refractivity contribution in [1.82, 2.24) is 4.31 Å². The molecule has 1 aliphatic rings. The second-order valence-corrected chi connectivity index (χ2v) is 6.95. The molecule has 0 radical (unpaired) electrons. The van der Waals surface area contributed by atoms with Crippen LogP contribution in [0.3, 0.4) is 0 Å². The van der Waals surface area contributed by atoms with Gasteiger partial charge in [0.15, 0.2) is 0 Å². The molecular formula is C13H19NO2S. The molecule has 0 fully saturated rings. The predicted molar refractivity (Wildman–Crippen MR) is 69.3 cm³/mol. The molecule has 0 N–H and O–H groups in total. The third kappa shape index (κ3) is 2.38. The van der Waals surface area contributed by atoms with Gasteiger partial charge in [-0.15, -0.1) is 0 Å². The van der Waals surface area contributed by atoms with Crippen molar-refractivity contribution in [3.05, 3.63) is 35.4 Å². The lowest BCUT2D eigenvalue weighted by molar-refractivity contribution is 0.250. The Morgan fingerprint density at radius 2 is 1.94 bits per heavy atom. The van der Waals surface area contributed by atoms with E-state index in [-0.39, 0.29) is 12.0 Å². The van der Waals surface area contributed by atoms with Crippen LogP contribution in [0, 0.1) is 5.92 Å². The maximum absolute atomic E-state index is 11.8. The minimum absolute atomic E-state index is 0.0186. The summed E-state index contributed by atoms with van der Waals surface area (Å²) >= 11 is 0. The molecule has 0 amide bonds. The molecule has 0 saturated heterocycles. The SMILES string of the molecule is CC(C)C1c2ccccc2CCN1S(C)(=O)=O. The summed E-state index contributed by atoms with van der Waals surface area (Å²) in [6, 6.07) is 8.14. The van der Waals surface area contributed by atoms with Crippen LogP contribution in [0.15, 0.2) is 24.3 Å². The second kappa shape index (κ2) is 4.42. The summed E-state index contributed by atoms with van der Waals surface area (Å²) in [5.41, 5.74) is 2.45. The van der Waals surface area contributed by atoms with Crippen LogP contribution in [-0.2, 0) is 16.4 Å². The van der Waals surface area contributed by atoms with Gasteiger partial charge in [-0.2, -0.15) is 4.31 Å². The Bertz CT molecular complexity index is 508. The Labute approximate surface area is 104 Å². The van der Waals surface area contributed by atoms with E-state index in [1.165, 1.54) is 17.4 Å². The lowest BCUT2D eigenvalue weighted by Crippen LogP contribution is -2.41. The number of hydrogen-bond acceptors (Lipinski definition) is 2. The van der Waals surface area contributed by atoms with Crippen LogP contribution >= 0.6 is 0 Å². The van der Waals surface area contributed by atoms with Crippen LogP contribution in [-0.4, -0.2) is 25.5 Å². The highest BCUT2D eigenvalue weighted by atomic mass is 32.2. The average molecular weight is 253 g/mol. The van der Waals surface area contributed by atoms with Crippen molar-refractivity contribution < 1.29 is 8.42 Å². The van der Waals surface area contributed by atoms with Gasteiger partial charge in [0, 0.05) is 6.54 Å². The van der Waals surface area contributed by atoms with Crippen LogP contribution in [0.4, 0.5) is 0 Å². The summed E-state index contributed by atoms with van der Waals surface area (Å²) in [5, 5.41) is 0. The van der Waals surface area contributed by atoms with Gasteiger partial charge in [0.25, 0.3) is 0 Å². The fourth-order valence-corrected chi connectivity index (χ4v) is 3.83. The summed E-state index contributed by atoms with van der Waals surface area (Å²) in [4.78, 5) is 0. The van der Waals surface area contributed by atoms with E-state index in [1.807, 2.05) is 12.1 Å². The van der Waals surface area contributed by atoms with Crippen molar-refractivity contribution in [3.63, 3.8) is 0 Å². The molecule has 0 spiro atoms. The van der Waals surface area contributed by atoms with Gasteiger partial charge >= 0.3 is 0 Å². The zero-order valence-electron chi connectivity index (χ0n) is 10.6. The molecular weight excluding hydrogens is 234 g/mol. The minimum Gasteiger partial charge on any atom is -0.212 e. The number of hydrogen-bond donors (Lipinski definition) is 0. The quantitative estimate of drug-likeness (QED) is 0.810. The Kier molecular flexibility index (Phi) is 3.27. The Morgan fingerprint density at radius 1 is 1.29 bits per heavy atom. The van der Waals surface area contributed by atoms with Crippen molar-refractivity contribution in [1.29, 1.82) is 0 Å². The average Bonchev–Trinajstić information content (AvgIpc) is 2.26. The van der Waals surface area contributed by atoms with Gasteiger partial charge in [-0.25, -0.2) is 8.42 Å². The van der Waals surface area contributed by atoms with Crippen LogP contribution < -0.4 is 0 Å². The van der Waals surface area contributed by atoms with E-state index < -0.39 is 10.0 Å². The third-order valence-corrected chi connectivity index (χ3v) is 4.60. The second-order valence-electron chi connectivity index (χ2n) is 5.01. The topological polar surface area (TPSA) is 37.4 Å². The van der Waals surface area contributed by atoms with Crippen LogP contribution in [0.1, 0.15) is 31.0 Å². The highest BCUT2D eigenvalue weighted by Crippen LogP contribution is 2.36. The Hall–Kier alpha value is -0.870. The van der Waals surface area contributed by atoms with E-state index in [4.69, 9.17) is 0 Å². The molecule has 1 atom stereocenters. The minimum atomic E-state index is -3.13. The molecule has 0 aromatic heterocycles. The van der Waals surface area contributed by atoms with Gasteiger partial charge < -0.3 is 0 Å². The molecule has 1 heterocycles. The van der Waals surface area contributed by atoms with Gasteiger partial charge in [0.05, 0.1) is 12.3 Å². The molecule has 0 bridgehead atoms. The Balaban J connectivity index is 2.50. The van der Waals surface area contributed by atoms with Crippen molar-refractivity contribution >= 4 is 10.0 Å². The fraction of sp³-hybridized carbons (Fsp3) is 0.538. The number of fused-ring (bicyclic) bond motifs is 1. The van der Waals surface area contributed by atoms with E-state index in [9.17, 15) is 8.42 Å². The monoisotopic (exact) mass is 253 g/mol. The molecule has 1 aliphatic heterocycles. The van der Waals surface area contributed by atoms with E-state index in [0.717, 1.165) is 6.42 Å². The molecule has 0 aliphatic carbocycles. The van der Waals surface area contributed by atoms with E-state index in [0.29, 0.717) is 6.54 Å². The van der Waals surface area contributed by atoms with E-state index in [2.05, 4.69) is 26.0 Å². The number of benzene rings is 1. The molecule has 2 rings (SSSR count). The van der Waals surface area contributed by atoms with Crippen LogP contribution in [0.5, 0.6) is 0 Å². The molecule has 0 saturated carbocycles. The third-order valence-electron chi connectivity index (χ3n) is 3.34. The van der Waals surface area contributed by atoms with Crippen molar-refractivity contribution in [2.75, 3.05) is 12.8 Å². The molecule has 1 unspecified atom stereocenters. The number of nitrogens with zero attached hydrogens (tertiary/aromatic N) is 1. The first-order valence-corrected chi connectivity index (χ1v) is 7.80. The Morgan fingerprint density at radius 3 is 2.53 bits per heavy atom. The van der Waals surface area contributed by atoms with Gasteiger partial charge in [-0.05, 0) is 23.5 Å². The smallest absolute Gasteiger partial charge is 0.211 e. The molecule has 17 heavy (non-hydrogen) atoms.